The van der Waals surface area contributed by atoms with E-state index in [1.165, 1.54) is 18.5 Å². The first-order valence-electron chi connectivity index (χ1n) is 8.61. The molecule has 4 rings (SSSR count). The first-order valence-corrected chi connectivity index (χ1v) is 10.2. The summed E-state index contributed by atoms with van der Waals surface area (Å²) in [5.74, 6) is -0.0632. The number of fused-ring (bicyclic) bond motifs is 1. The Balaban J connectivity index is 1.62. The summed E-state index contributed by atoms with van der Waals surface area (Å²) in [7, 11) is -3.01. The van der Waals surface area contributed by atoms with Gasteiger partial charge in [0.2, 0.25) is 12.7 Å². The van der Waals surface area contributed by atoms with Crippen molar-refractivity contribution in [2.24, 2.45) is 0 Å². The van der Waals surface area contributed by atoms with Crippen LogP contribution in [0.1, 0.15) is 18.4 Å². The molecule has 2 aromatic heterocycles. The summed E-state index contributed by atoms with van der Waals surface area (Å²) in [5, 5.41) is 0.369. The summed E-state index contributed by atoms with van der Waals surface area (Å²) in [4.78, 5) is 8.28. The van der Waals surface area contributed by atoms with Crippen LogP contribution in [0.2, 0.25) is 0 Å². The van der Waals surface area contributed by atoms with Crippen molar-refractivity contribution in [1.82, 2.24) is 9.97 Å². The van der Waals surface area contributed by atoms with E-state index in [-0.39, 0.29) is 22.6 Å². The van der Waals surface area contributed by atoms with E-state index in [9.17, 15) is 13.0 Å². The molecule has 146 valence electrons. The predicted octanol–water partition coefficient (Wildman–Crippen LogP) is 4.22. The average molecular weight is 405 g/mol. The maximum absolute atomic E-state index is 14.0. The second kappa shape index (κ2) is 7.31. The molecule has 1 atom stereocenters. The number of benzene rings is 1. The van der Waals surface area contributed by atoms with Gasteiger partial charge in [-0.25, -0.2) is 22.8 Å². The van der Waals surface area contributed by atoms with E-state index in [4.69, 9.17) is 14.3 Å². The molecule has 1 aliphatic rings. The van der Waals surface area contributed by atoms with Crippen molar-refractivity contribution in [1.29, 1.82) is 4.78 Å². The zero-order chi connectivity index (χ0) is 19.7. The molecule has 1 fully saturated rings. The minimum absolute atomic E-state index is 0.00564. The van der Waals surface area contributed by atoms with E-state index in [1.54, 1.807) is 18.2 Å². The molecule has 9 heteroatoms. The summed E-state index contributed by atoms with van der Waals surface area (Å²) in [6.45, 7) is -1.02. The SMILES string of the molecule is N=[S@@](=O)(c1cc(F)cc(COc2ccnc3c(OCF)nccc23)c1)C1CC1. The highest BCUT2D eigenvalue weighted by Crippen LogP contribution is 2.35. The Morgan fingerprint density at radius 2 is 1.93 bits per heavy atom. The van der Waals surface area contributed by atoms with Crippen LogP contribution in [0.5, 0.6) is 11.6 Å². The van der Waals surface area contributed by atoms with Crippen molar-refractivity contribution in [3.63, 3.8) is 0 Å². The number of nitrogens with one attached hydrogen (secondary N) is 1. The number of pyridine rings is 2. The summed E-state index contributed by atoms with van der Waals surface area (Å²) >= 11 is 0. The molecule has 6 nitrogen and oxygen atoms in total. The van der Waals surface area contributed by atoms with Gasteiger partial charge in [-0.3, -0.25) is 4.98 Å². The summed E-state index contributed by atoms with van der Waals surface area (Å²) in [6, 6.07) is 7.28. The Morgan fingerprint density at radius 1 is 1.14 bits per heavy atom. The van der Waals surface area contributed by atoms with Crippen LogP contribution in [0.25, 0.3) is 10.9 Å². The first kappa shape index (κ1) is 18.5. The summed E-state index contributed by atoms with van der Waals surface area (Å²) in [5.41, 5.74) is 0.815. The topological polar surface area (TPSA) is 85.2 Å². The number of ether oxygens (including phenoxy) is 2. The monoisotopic (exact) mass is 405 g/mol. The van der Waals surface area contributed by atoms with Crippen LogP contribution in [-0.4, -0.2) is 26.3 Å². The molecule has 0 amide bonds. The second-order valence-corrected chi connectivity index (χ2v) is 8.80. The number of nitrogens with zero attached hydrogens (tertiary/aromatic N) is 2. The number of rotatable bonds is 7. The van der Waals surface area contributed by atoms with E-state index in [1.807, 2.05) is 0 Å². The molecule has 0 unspecified atom stereocenters. The number of hydrogen-bond acceptors (Lipinski definition) is 6. The van der Waals surface area contributed by atoms with Crippen molar-refractivity contribution in [3.8, 4) is 11.6 Å². The lowest BCUT2D eigenvalue weighted by Gasteiger charge is -2.12. The lowest BCUT2D eigenvalue weighted by Crippen LogP contribution is -2.07. The van der Waals surface area contributed by atoms with Crippen LogP contribution in [0.15, 0.2) is 47.6 Å². The van der Waals surface area contributed by atoms with Gasteiger partial charge in [0.25, 0.3) is 0 Å². The first-order chi connectivity index (χ1) is 13.5. The molecule has 1 saturated carbocycles. The Hall–Kier alpha value is -2.81. The zero-order valence-corrected chi connectivity index (χ0v) is 15.5. The number of alkyl halides is 1. The maximum atomic E-state index is 14.0. The van der Waals surface area contributed by atoms with Gasteiger partial charge in [0.1, 0.15) is 23.7 Å². The van der Waals surface area contributed by atoms with Gasteiger partial charge in [0.15, 0.2) is 0 Å². The summed E-state index contributed by atoms with van der Waals surface area (Å²) in [6.07, 6.45) is 4.38. The Kier molecular flexibility index (Phi) is 4.84. The third kappa shape index (κ3) is 3.62. The molecule has 1 N–H and O–H groups in total. The predicted molar refractivity (Wildman–Crippen MR) is 99.0 cm³/mol. The smallest absolute Gasteiger partial charge is 0.243 e. The second-order valence-electron chi connectivity index (χ2n) is 6.46. The normalized spacial score (nSPS) is 15.9. The summed E-state index contributed by atoms with van der Waals surface area (Å²) < 4.78 is 57.9. The lowest BCUT2D eigenvalue weighted by atomic mass is 10.2. The van der Waals surface area contributed by atoms with Crippen LogP contribution in [0.4, 0.5) is 8.78 Å². The van der Waals surface area contributed by atoms with Crippen LogP contribution >= 0.6 is 0 Å². The molecular formula is C19H17F2N3O3S. The van der Waals surface area contributed by atoms with Gasteiger partial charge in [-0.05, 0) is 48.7 Å². The Labute approximate surface area is 160 Å². The molecule has 0 aliphatic heterocycles. The number of hydrogen-bond donors (Lipinski definition) is 1. The molecule has 0 bridgehead atoms. The molecule has 1 aliphatic carbocycles. The lowest BCUT2D eigenvalue weighted by molar-refractivity contribution is 0.187. The van der Waals surface area contributed by atoms with Crippen LogP contribution in [0.3, 0.4) is 0 Å². The molecular weight excluding hydrogens is 388 g/mol. The molecule has 0 radical (unpaired) electrons. The molecule has 0 saturated heterocycles. The fraction of sp³-hybridized carbons (Fsp3) is 0.263. The van der Waals surface area contributed by atoms with Crippen molar-refractivity contribution in [2.75, 3.05) is 6.86 Å². The molecule has 28 heavy (non-hydrogen) atoms. The Morgan fingerprint density at radius 3 is 2.68 bits per heavy atom. The third-order valence-electron chi connectivity index (χ3n) is 4.45. The largest absolute Gasteiger partial charge is 0.488 e. The standard InChI is InChI=1S/C19H17F2N3O3S/c20-11-27-19-18-16(3-5-24-19)17(4-6-23-18)26-10-12-7-13(21)9-15(8-12)28(22,25)14-1-2-14/h3-9,14,22H,1-2,10-11H2/t28-/m0/s1. The van der Waals surface area contributed by atoms with Gasteiger partial charge in [-0.15, -0.1) is 0 Å². The minimum Gasteiger partial charge on any atom is -0.488 e. The fourth-order valence-electron chi connectivity index (χ4n) is 2.94. The van der Waals surface area contributed by atoms with Crippen LogP contribution < -0.4 is 9.47 Å². The number of aromatic nitrogens is 2. The van der Waals surface area contributed by atoms with Gasteiger partial charge in [-0.2, -0.15) is 0 Å². The highest BCUT2D eigenvalue weighted by molar-refractivity contribution is 7.93. The van der Waals surface area contributed by atoms with Gasteiger partial charge < -0.3 is 9.47 Å². The minimum atomic E-state index is -3.01. The average Bonchev–Trinajstić information content (AvgIpc) is 3.52. The van der Waals surface area contributed by atoms with Crippen molar-refractivity contribution in [2.45, 2.75) is 29.6 Å². The Bertz CT molecular complexity index is 1130. The van der Waals surface area contributed by atoms with E-state index >= 15 is 0 Å². The molecule has 0 spiro atoms. The van der Waals surface area contributed by atoms with Gasteiger partial charge in [0, 0.05) is 23.0 Å². The van der Waals surface area contributed by atoms with E-state index < -0.39 is 22.4 Å². The zero-order valence-electron chi connectivity index (χ0n) is 14.7. The highest BCUT2D eigenvalue weighted by Gasteiger charge is 2.34. The molecule has 2 heterocycles. The fourth-order valence-corrected chi connectivity index (χ4v) is 4.74. The molecule has 1 aromatic carbocycles. The van der Waals surface area contributed by atoms with Crippen molar-refractivity contribution in [3.05, 3.63) is 54.1 Å². The van der Waals surface area contributed by atoms with Crippen LogP contribution in [0, 0.1) is 10.6 Å². The quantitative estimate of drug-likeness (QED) is 0.636. The van der Waals surface area contributed by atoms with Gasteiger partial charge in [-0.1, -0.05) is 0 Å². The maximum Gasteiger partial charge on any atom is 0.243 e. The highest BCUT2D eigenvalue weighted by atomic mass is 32.2. The van der Waals surface area contributed by atoms with Crippen molar-refractivity contribution >= 4 is 20.6 Å². The van der Waals surface area contributed by atoms with E-state index in [0.29, 0.717) is 22.2 Å². The van der Waals surface area contributed by atoms with E-state index in [2.05, 4.69) is 9.97 Å². The van der Waals surface area contributed by atoms with E-state index in [0.717, 1.165) is 18.9 Å². The van der Waals surface area contributed by atoms with Gasteiger partial charge >= 0.3 is 0 Å². The third-order valence-corrected chi connectivity index (χ3v) is 6.79. The van der Waals surface area contributed by atoms with Crippen molar-refractivity contribution < 1.29 is 22.5 Å². The van der Waals surface area contributed by atoms with Crippen LogP contribution in [-0.2, 0) is 16.3 Å². The number of halogens is 2. The molecule has 3 aromatic rings. The van der Waals surface area contributed by atoms with Gasteiger partial charge in [0.05, 0.1) is 14.6 Å².